The van der Waals surface area contributed by atoms with E-state index in [4.69, 9.17) is 26.3 Å². The fourth-order valence-electron chi connectivity index (χ4n) is 3.76. The molecule has 37 heavy (non-hydrogen) atoms. The topological polar surface area (TPSA) is 93.7 Å². The molecule has 3 aromatic rings. The molecule has 2 heterocycles. The maximum atomic E-state index is 14.1. The van der Waals surface area contributed by atoms with Gasteiger partial charge in [0.1, 0.15) is 11.8 Å². The Morgan fingerprint density at radius 2 is 2.00 bits per heavy atom. The summed E-state index contributed by atoms with van der Waals surface area (Å²) in [4.78, 5) is 29.8. The van der Waals surface area contributed by atoms with Gasteiger partial charge in [0.15, 0.2) is 17.1 Å². The Labute approximate surface area is 217 Å². The number of halogens is 4. The molecule has 0 saturated heterocycles. The molecule has 0 N–H and O–H groups in total. The third-order valence-electron chi connectivity index (χ3n) is 5.24. The van der Waals surface area contributed by atoms with Crippen molar-refractivity contribution in [2.24, 2.45) is 4.99 Å². The molecule has 1 aliphatic heterocycles. The van der Waals surface area contributed by atoms with Crippen LogP contribution in [-0.2, 0) is 9.53 Å². The first-order chi connectivity index (χ1) is 17.6. The van der Waals surface area contributed by atoms with Crippen LogP contribution in [0.3, 0.4) is 0 Å². The number of thiazole rings is 1. The summed E-state index contributed by atoms with van der Waals surface area (Å²) >= 11 is 6.72. The summed E-state index contributed by atoms with van der Waals surface area (Å²) < 4.78 is 53.7. The number of aromatic nitrogens is 1. The molecule has 4 rings (SSSR count). The predicted molar refractivity (Wildman–Crippen MR) is 130 cm³/mol. The lowest BCUT2D eigenvalue weighted by molar-refractivity contribution is -0.140. The molecular formula is C25H17ClF3N3O4S. The van der Waals surface area contributed by atoms with Crippen LogP contribution in [0.4, 0.5) is 13.2 Å². The minimum Gasteiger partial charge on any atom is -0.479 e. The summed E-state index contributed by atoms with van der Waals surface area (Å²) in [5.41, 5.74) is -2.11. The standard InChI is InChI=1S/C25H17ClF3N3O4S/c1-2-35-23(34)19-20(15-6-8-16(26)9-7-15)32-22(33)18(37-24(32)31-21(19)25(27,28)29)13-14-4-3-5-17(12-14)36-11-10-30/h3-9,12-13,20H,2,11H2,1H3/b18-13-/t20-/m0/s1. The fourth-order valence-corrected chi connectivity index (χ4v) is 4.89. The van der Waals surface area contributed by atoms with Crippen LogP contribution in [0.1, 0.15) is 24.1 Å². The molecule has 7 nitrogen and oxygen atoms in total. The number of nitrogens with zero attached hydrogens (tertiary/aromatic N) is 3. The van der Waals surface area contributed by atoms with Crippen LogP contribution in [-0.4, -0.2) is 29.9 Å². The lowest BCUT2D eigenvalue weighted by atomic mass is 9.95. The molecule has 0 bridgehead atoms. The molecule has 0 spiro atoms. The van der Waals surface area contributed by atoms with Crippen molar-refractivity contribution in [1.29, 1.82) is 5.26 Å². The largest absolute Gasteiger partial charge is 0.479 e. The molecule has 12 heteroatoms. The van der Waals surface area contributed by atoms with Crippen molar-refractivity contribution < 1.29 is 27.4 Å². The van der Waals surface area contributed by atoms with E-state index >= 15 is 0 Å². The maximum absolute atomic E-state index is 14.1. The van der Waals surface area contributed by atoms with Crippen LogP contribution < -0.4 is 19.6 Å². The number of nitriles is 1. The number of carbonyl (C=O) groups is 1. The second kappa shape index (κ2) is 10.6. The predicted octanol–water partition coefficient (Wildman–Crippen LogP) is 3.90. The van der Waals surface area contributed by atoms with Gasteiger partial charge in [-0.3, -0.25) is 9.36 Å². The van der Waals surface area contributed by atoms with Crippen molar-refractivity contribution in [2.75, 3.05) is 13.2 Å². The Hall–Kier alpha value is -3.88. The molecule has 190 valence electrons. The first-order valence-corrected chi connectivity index (χ1v) is 12.0. The molecule has 1 aliphatic rings. The molecular weight excluding hydrogens is 531 g/mol. The van der Waals surface area contributed by atoms with Crippen molar-refractivity contribution in [3.05, 3.63) is 95.6 Å². The van der Waals surface area contributed by atoms with Gasteiger partial charge in [0.2, 0.25) is 0 Å². The number of esters is 1. The van der Waals surface area contributed by atoms with Gasteiger partial charge in [-0.2, -0.15) is 18.4 Å². The van der Waals surface area contributed by atoms with Gasteiger partial charge >= 0.3 is 12.1 Å². The Morgan fingerprint density at radius 1 is 1.27 bits per heavy atom. The molecule has 1 atom stereocenters. The number of rotatable bonds is 6. The second-order valence-corrected chi connectivity index (χ2v) is 9.08. The van der Waals surface area contributed by atoms with Crippen LogP contribution in [0.2, 0.25) is 5.02 Å². The zero-order valence-electron chi connectivity index (χ0n) is 19.1. The van der Waals surface area contributed by atoms with E-state index in [0.717, 1.165) is 15.9 Å². The van der Waals surface area contributed by atoms with Gasteiger partial charge in [-0.25, -0.2) is 9.79 Å². The quantitative estimate of drug-likeness (QED) is 0.436. The minimum absolute atomic E-state index is 0.0850. The van der Waals surface area contributed by atoms with E-state index in [1.807, 2.05) is 6.07 Å². The normalized spacial score (nSPS) is 15.6. The van der Waals surface area contributed by atoms with E-state index in [-0.39, 0.29) is 28.1 Å². The number of carbonyl (C=O) groups excluding carboxylic acids is 1. The van der Waals surface area contributed by atoms with Crippen molar-refractivity contribution in [3.8, 4) is 11.8 Å². The number of allylic oxidation sites excluding steroid dienone is 1. The van der Waals surface area contributed by atoms with Gasteiger partial charge in [-0.1, -0.05) is 47.2 Å². The number of hydrogen-bond donors (Lipinski definition) is 0. The van der Waals surface area contributed by atoms with E-state index in [1.165, 1.54) is 37.3 Å². The Bertz CT molecular complexity index is 1600. The third-order valence-corrected chi connectivity index (χ3v) is 6.47. The molecule has 2 aromatic carbocycles. The van der Waals surface area contributed by atoms with E-state index in [0.29, 0.717) is 16.3 Å². The number of ether oxygens (including phenoxy) is 2. The van der Waals surface area contributed by atoms with E-state index in [2.05, 4.69) is 4.99 Å². The molecule has 1 aromatic heterocycles. The molecule has 0 aliphatic carbocycles. The van der Waals surface area contributed by atoms with Crippen LogP contribution in [0.5, 0.6) is 5.75 Å². The SMILES string of the molecule is CCOC(=O)C1=C(C(F)(F)F)N=c2s/c(=C\c3cccc(OCC#N)c3)c(=O)n2[C@H]1c1ccc(Cl)cc1. The van der Waals surface area contributed by atoms with Crippen LogP contribution in [0.25, 0.3) is 6.08 Å². The molecule has 0 amide bonds. The molecule has 0 saturated carbocycles. The molecule has 0 radical (unpaired) electrons. The zero-order chi connectivity index (χ0) is 26.7. The second-order valence-electron chi connectivity index (χ2n) is 7.63. The van der Waals surface area contributed by atoms with Gasteiger partial charge in [0.25, 0.3) is 5.56 Å². The zero-order valence-corrected chi connectivity index (χ0v) is 20.7. The van der Waals surface area contributed by atoms with E-state index < -0.39 is 35.0 Å². The third kappa shape index (κ3) is 5.45. The summed E-state index contributed by atoms with van der Waals surface area (Å²) in [6.45, 7) is 1.12. The number of alkyl halides is 3. The summed E-state index contributed by atoms with van der Waals surface area (Å²) in [5.74, 6) is -0.846. The van der Waals surface area contributed by atoms with Gasteiger partial charge in [-0.15, -0.1) is 0 Å². The number of hydrogen-bond acceptors (Lipinski definition) is 7. The highest BCUT2D eigenvalue weighted by Crippen LogP contribution is 2.38. The highest BCUT2D eigenvalue weighted by Gasteiger charge is 2.45. The summed E-state index contributed by atoms with van der Waals surface area (Å²) in [6.07, 6.45) is -3.52. The van der Waals surface area contributed by atoms with E-state index in [9.17, 15) is 22.8 Å². The lowest BCUT2D eigenvalue weighted by Crippen LogP contribution is -2.41. The minimum atomic E-state index is -4.99. The first kappa shape index (κ1) is 26.2. The molecule has 0 unspecified atom stereocenters. The Kier molecular flexibility index (Phi) is 7.52. The Morgan fingerprint density at radius 3 is 2.65 bits per heavy atom. The number of benzene rings is 2. The average Bonchev–Trinajstić information content (AvgIpc) is 3.17. The first-order valence-electron chi connectivity index (χ1n) is 10.8. The van der Waals surface area contributed by atoms with Gasteiger partial charge < -0.3 is 9.47 Å². The maximum Gasteiger partial charge on any atom is 0.434 e. The summed E-state index contributed by atoms with van der Waals surface area (Å²) in [7, 11) is 0. The van der Waals surface area contributed by atoms with Crippen LogP contribution in [0.15, 0.2) is 69.6 Å². The Balaban J connectivity index is 1.98. The van der Waals surface area contributed by atoms with Crippen LogP contribution >= 0.6 is 22.9 Å². The van der Waals surface area contributed by atoms with Crippen molar-refractivity contribution in [3.63, 3.8) is 0 Å². The van der Waals surface area contributed by atoms with Crippen molar-refractivity contribution in [1.82, 2.24) is 4.57 Å². The molecule has 0 fully saturated rings. The van der Waals surface area contributed by atoms with Crippen LogP contribution in [0, 0.1) is 11.3 Å². The fraction of sp³-hybridized carbons (Fsp3) is 0.200. The van der Waals surface area contributed by atoms with Crippen molar-refractivity contribution >= 4 is 35.0 Å². The highest BCUT2D eigenvalue weighted by molar-refractivity contribution is 7.07. The smallest absolute Gasteiger partial charge is 0.434 e. The lowest BCUT2D eigenvalue weighted by Gasteiger charge is -2.26. The highest BCUT2D eigenvalue weighted by atomic mass is 35.5. The van der Waals surface area contributed by atoms with Gasteiger partial charge in [-0.05, 0) is 48.4 Å². The monoisotopic (exact) mass is 547 g/mol. The van der Waals surface area contributed by atoms with Crippen molar-refractivity contribution in [2.45, 2.75) is 19.1 Å². The van der Waals surface area contributed by atoms with Gasteiger partial charge in [0.05, 0.1) is 22.8 Å². The number of fused-ring (bicyclic) bond motifs is 1. The average molecular weight is 548 g/mol. The summed E-state index contributed by atoms with van der Waals surface area (Å²) in [6, 6.07) is 12.7. The summed E-state index contributed by atoms with van der Waals surface area (Å²) in [5, 5.41) is 9.04. The van der Waals surface area contributed by atoms with Gasteiger partial charge in [0, 0.05) is 5.02 Å². The van der Waals surface area contributed by atoms with E-state index in [1.54, 1.807) is 24.3 Å².